The van der Waals surface area contributed by atoms with Gasteiger partial charge in [0, 0.05) is 49.7 Å². The Bertz CT molecular complexity index is 1020. The van der Waals surface area contributed by atoms with Gasteiger partial charge in [-0.15, -0.1) is 0 Å². The second kappa shape index (κ2) is 8.08. The Labute approximate surface area is 164 Å². The first-order valence-electron chi connectivity index (χ1n) is 9.40. The molecule has 0 spiro atoms. The van der Waals surface area contributed by atoms with Gasteiger partial charge in [0.05, 0.1) is 5.52 Å². The molecular weight excluding hydrogens is 350 g/mol. The van der Waals surface area contributed by atoms with Crippen molar-refractivity contribution in [1.29, 1.82) is 0 Å². The van der Waals surface area contributed by atoms with Crippen molar-refractivity contribution in [1.82, 2.24) is 15.6 Å². The predicted molar refractivity (Wildman–Crippen MR) is 112 cm³/mol. The number of carbonyl (C=O) groups is 1. The molecule has 28 heavy (non-hydrogen) atoms. The summed E-state index contributed by atoms with van der Waals surface area (Å²) in [6.45, 7) is 1.28. The third-order valence-electron chi connectivity index (χ3n) is 5.03. The van der Waals surface area contributed by atoms with Gasteiger partial charge in [0.25, 0.3) is 0 Å². The zero-order valence-corrected chi connectivity index (χ0v) is 15.8. The number of aromatic nitrogens is 1. The molecule has 4 rings (SSSR count). The fourth-order valence-corrected chi connectivity index (χ4v) is 3.61. The maximum absolute atomic E-state index is 12.0. The SMILES string of the molecule is CN=C(NCc1ccnc2ccccc12)NCC1CC(=O)Nc2ccccc21. The van der Waals surface area contributed by atoms with Gasteiger partial charge in [-0.1, -0.05) is 36.4 Å². The summed E-state index contributed by atoms with van der Waals surface area (Å²) in [5.41, 5.74) is 4.20. The van der Waals surface area contributed by atoms with E-state index in [0.29, 0.717) is 25.5 Å². The number of pyridine rings is 1. The fraction of sp³-hybridized carbons (Fsp3) is 0.227. The number of amides is 1. The molecule has 0 bridgehead atoms. The molecule has 1 atom stereocenters. The highest BCUT2D eigenvalue weighted by molar-refractivity contribution is 5.94. The van der Waals surface area contributed by atoms with Crippen LogP contribution in [0.5, 0.6) is 0 Å². The molecule has 1 aromatic heterocycles. The van der Waals surface area contributed by atoms with Crippen LogP contribution in [0.4, 0.5) is 5.69 Å². The first kappa shape index (κ1) is 18.0. The van der Waals surface area contributed by atoms with Crippen molar-refractivity contribution in [3.63, 3.8) is 0 Å². The third-order valence-corrected chi connectivity index (χ3v) is 5.03. The summed E-state index contributed by atoms with van der Waals surface area (Å²) in [5, 5.41) is 10.8. The lowest BCUT2D eigenvalue weighted by Gasteiger charge is -2.26. The van der Waals surface area contributed by atoms with Crippen LogP contribution in [0, 0.1) is 0 Å². The highest BCUT2D eigenvalue weighted by atomic mass is 16.1. The number of anilines is 1. The minimum absolute atomic E-state index is 0.0525. The molecule has 1 aliphatic rings. The van der Waals surface area contributed by atoms with Crippen LogP contribution in [0.1, 0.15) is 23.5 Å². The molecule has 6 nitrogen and oxygen atoms in total. The van der Waals surface area contributed by atoms with E-state index in [0.717, 1.165) is 27.7 Å². The number of hydrogen-bond acceptors (Lipinski definition) is 3. The summed E-state index contributed by atoms with van der Waals surface area (Å²) < 4.78 is 0. The van der Waals surface area contributed by atoms with Crippen LogP contribution < -0.4 is 16.0 Å². The van der Waals surface area contributed by atoms with E-state index in [9.17, 15) is 4.79 Å². The molecule has 0 saturated carbocycles. The minimum Gasteiger partial charge on any atom is -0.356 e. The molecule has 2 aromatic carbocycles. The summed E-state index contributed by atoms with van der Waals surface area (Å²) in [5.74, 6) is 0.881. The fourth-order valence-electron chi connectivity index (χ4n) is 3.61. The van der Waals surface area contributed by atoms with Gasteiger partial charge in [0.15, 0.2) is 5.96 Å². The number of carbonyl (C=O) groups excluding carboxylic acids is 1. The van der Waals surface area contributed by atoms with Gasteiger partial charge in [-0.05, 0) is 29.3 Å². The Morgan fingerprint density at radius 1 is 1.14 bits per heavy atom. The molecule has 1 unspecified atom stereocenters. The van der Waals surface area contributed by atoms with Crippen molar-refractivity contribution in [2.75, 3.05) is 18.9 Å². The van der Waals surface area contributed by atoms with Crippen LogP contribution in [0.2, 0.25) is 0 Å². The first-order chi connectivity index (χ1) is 13.7. The quantitative estimate of drug-likeness (QED) is 0.485. The van der Waals surface area contributed by atoms with E-state index >= 15 is 0 Å². The maximum Gasteiger partial charge on any atom is 0.225 e. The van der Waals surface area contributed by atoms with E-state index in [-0.39, 0.29) is 11.8 Å². The summed E-state index contributed by atoms with van der Waals surface area (Å²) in [4.78, 5) is 20.7. The lowest BCUT2D eigenvalue weighted by Crippen LogP contribution is -2.40. The molecule has 0 saturated heterocycles. The zero-order valence-electron chi connectivity index (χ0n) is 15.8. The molecule has 0 fully saturated rings. The molecule has 1 aliphatic heterocycles. The van der Waals surface area contributed by atoms with Crippen molar-refractivity contribution < 1.29 is 4.79 Å². The van der Waals surface area contributed by atoms with Crippen molar-refractivity contribution in [2.45, 2.75) is 18.9 Å². The number of rotatable bonds is 4. The lowest BCUT2D eigenvalue weighted by molar-refractivity contribution is -0.116. The van der Waals surface area contributed by atoms with Crippen LogP contribution >= 0.6 is 0 Å². The van der Waals surface area contributed by atoms with Gasteiger partial charge < -0.3 is 16.0 Å². The number of nitrogens with one attached hydrogen (secondary N) is 3. The van der Waals surface area contributed by atoms with Crippen LogP contribution in [-0.4, -0.2) is 30.4 Å². The van der Waals surface area contributed by atoms with Gasteiger partial charge in [-0.2, -0.15) is 0 Å². The average Bonchev–Trinajstić information content (AvgIpc) is 2.73. The molecule has 0 radical (unpaired) electrons. The van der Waals surface area contributed by atoms with Gasteiger partial charge in [-0.25, -0.2) is 0 Å². The number of nitrogens with zero attached hydrogens (tertiary/aromatic N) is 2. The Balaban J connectivity index is 1.41. The zero-order chi connectivity index (χ0) is 19.3. The Hall–Kier alpha value is -3.41. The van der Waals surface area contributed by atoms with Gasteiger partial charge in [-0.3, -0.25) is 14.8 Å². The smallest absolute Gasteiger partial charge is 0.225 e. The highest BCUT2D eigenvalue weighted by Crippen LogP contribution is 2.31. The summed E-state index contributed by atoms with van der Waals surface area (Å²) in [7, 11) is 1.75. The molecule has 1 amide bonds. The minimum atomic E-state index is 0.0525. The second-order valence-electron chi connectivity index (χ2n) is 6.83. The Morgan fingerprint density at radius 2 is 1.96 bits per heavy atom. The summed E-state index contributed by atoms with van der Waals surface area (Å²) in [6.07, 6.45) is 2.29. The van der Waals surface area contributed by atoms with Crippen LogP contribution in [0.3, 0.4) is 0 Å². The predicted octanol–water partition coefficient (Wildman–Crippen LogP) is 3.03. The third kappa shape index (κ3) is 3.81. The van der Waals surface area contributed by atoms with Gasteiger partial charge in [0.2, 0.25) is 5.91 Å². The number of aliphatic imine (C=N–C) groups is 1. The van der Waals surface area contributed by atoms with Gasteiger partial charge in [0.1, 0.15) is 0 Å². The standard InChI is InChI=1S/C22H23N5O/c1-23-22(25-13-15-10-11-24-19-8-4-2-6-17(15)19)26-14-16-12-21(28)27-20-9-5-3-7-18(16)20/h2-11,16H,12-14H2,1H3,(H,27,28)(H2,23,25,26). The first-order valence-corrected chi connectivity index (χ1v) is 9.40. The maximum atomic E-state index is 12.0. The Kier molecular flexibility index (Phi) is 5.19. The molecule has 2 heterocycles. The van der Waals surface area contributed by atoms with E-state index in [1.807, 2.05) is 48.7 Å². The number of benzene rings is 2. The van der Waals surface area contributed by atoms with E-state index < -0.39 is 0 Å². The topological polar surface area (TPSA) is 78.4 Å². The van der Waals surface area contributed by atoms with Crippen molar-refractivity contribution in [3.8, 4) is 0 Å². The van der Waals surface area contributed by atoms with E-state index in [2.05, 4.69) is 38.1 Å². The van der Waals surface area contributed by atoms with Crippen molar-refractivity contribution in [3.05, 3.63) is 71.9 Å². The molecular formula is C22H23N5O. The lowest BCUT2D eigenvalue weighted by atomic mass is 9.90. The molecule has 6 heteroatoms. The number of hydrogen-bond donors (Lipinski definition) is 3. The van der Waals surface area contributed by atoms with Crippen LogP contribution in [0.15, 0.2) is 65.8 Å². The molecule has 3 aromatic rings. The summed E-state index contributed by atoms with van der Waals surface area (Å²) in [6, 6.07) is 18.1. The van der Waals surface area contributed by atoms with Crippen LogP contribution in [0.25, 0.3) is 10.9 Å². The number of fused-ring (bicyclic) bond motifs is 2. The number of para-hydroxylation sites is 2. The van der Waals surface area contributed by atoms with E-state index in [1.165, 1.54) is 0 Å². The van der Waals surface area contributed by atoms with Crippen molar-refractivity contribution in [2.24, 2.45) is 4.99 Å². The number of guanidine groups is 1. The summed E-state index contributed by atoms with van der Waals surface area (Å²) >= 11 is 0. The second-order valence-corrected chi connectivity index (χ2v) is 6.83. The van der Waals surface area contributed by atoms with Gasteiger partial charge >= 0.3 is 0 Å². The molecule has 142 valence electrons. The monoisotopic (exact) mass is 373 g/mol. The van der Waals surface area contributed by atoms with E-state index in [4.69, 9.17) is 0 Å². The van der Waals surface area contributed by atoms with Crippen molar-refractivity contribution >= 4 is 28.5 Å². The van der Waals surface area contributed by atoms with E-state index in [1.54, 1.807) is 7.05 Å². The highest BCUT2D eigenvalue weighted by Gasteiger charge is 2.24. The molecule has 3 N–H and O–H groups in total. The largest absolute Gasteiger partial charge is 0.356 e. The average molecular weight is 373 g/mol. The Morgan fingerprint density at radius 3 is 2.86 bits per heavy atom. The van der Waals surface area contributed by atoms with Crippen LogP contribution in [-0.2, 0) is 11.3 Å². The normalized spacial score (nSPS) is 16.4. The molecule has 0 aliphatic carbocycles.